The minimum atomic E-state index is -0.665. The summed E-state index contributed by atoms with van der Waals surface area (Å²) in [6.07, 6.45) is 1.40. The first kappa shape index (κ1) is 9.68. The zero-order valence-corrected chi connectivity index (χ0v) is 9.10. The number of pyridine rings is 1. The Labute approximate surface area is 92.5 Å². The summed E-state index contributed by atoms with van der Waals surface area (Å²) >= 11 is 8.77. The molecule has 0 aliphatic rings. The zero-order chi connectivity index (χ0) is 10.3. The molecule has 5 heteroatoms. The van der Waals surface area contributed by atoms with Crippen molar-refractivity contribution in [2.75, 3.05) is 0 Å². The maximum absolute atomic E-state index is 13.6. The van der Waals surface area contributed by atoms with E-state index in [9.17, 15) is 9.50 Å². The van der Waals surface area contributed by atoms with Gasteiger partial charge in [-0.05, 0) is 28.1 Å². The number of aromatic nitrogens is 1. The predicted octanol–water partition coefficient (Wildman–Crippen LogP) is 3.50. The Hall–Kier alpha value is -0.870. The van der Waals surface area contributed by atoms with Crippen LogP contribution in [0.5, 0.6) is 5.75 Å². The Morgan fingerprint density at radius 1 is 1.50 bits per heavy atom. The molecule has 0 spiro atoms. The van der Waals surface area contributed by atoms with Crippen LogP contribution in [0.25, 0.3) is 10.9 Å². The van der Waals surface area contributed by atoms with Gasteiger partial charge in [0.1, 0.15) is 5.75 Å². The van der Waals surface area contributed by atoms with E-state index in [0.29, 0.717) is 9.99 Å². The molecule has 2 aromatic rings. The summed E-state index contributed by atoms with van der Waals surface area (Å²) in [4.78, 5) is 3.92. The number of benzene rings is 1. The first-order chi connectivity index (χ1) is 6.61. The number of fused-ring (bicyclic) bond motifs is 1. The predicted molar refractivity (Wildman–Crippen MR) is 56.1 cm³/mol. The molecule has 0 aliphatic carbocycles. The van der Waals surface area contributed by atoms with E-state index in [1.807, 2.05) is 0 Å². The van der Waals surface area contributed by atoms with Crippen molar-refractivity contribution < 1.29 is 9.50 Å². The molecule has 2 nitrogen and oxygen atoms in total. The number of hydrogen-bond acceptors (Lipinski definition) is 2. The maximum atomic E-state index is 13.6. The van der Waals surface area contributed by atoms with Crippen molar-refractivity contribution >= 4 is 38.4 Å². The summed E-state index contributed by atoms with van der Waals surface area (Å²) in [5.74, 6) is -0.830. The third kappa shape index (κ3) is 1.35. The fourth-order valence-electron chi connectivity index (χ4n) is 1.20. The van der Waals surface area contributed by atoms with Crippen molar-refractivity contribution in [2.45, 2.75) is 0 Å². The van der Waals surface area contributed by atoms with Crippen LogP contribution in [0.15, 0.2) is 22.8 Å². The molecule has 0 unspecified atom stereocenters. The molecule has 0 amide bonds. The van der Waals surface area contributed by atoms with Crippen LogP contribution in [0.3, 0.4) is 0 Å². The molecule has 72 valence electrons. The standard InChI is InChI=1S/C9H4BrClFNO/c10-4-3-5-7(9(12)8(4)11)6(14)1-2-13-5/h1-3H,(H,13,14). The van der Waals surface area contributed by atoms with Gasteiger partial charge in [-0.3, -0.25) is 4.98 Å². The van der Waals surface area contributed by atoms with E-state index in [-0.39, 0.29) is 16.2 Å². The number of hydrogen-bond donors (Lipinski definition) is 1. The second kappa shape index (κ2) is 3.37. The number of halogens is 3. The lowest BCUT2D eigenvalue weighted by Crippen LogP contribution is -1.86. The summed E-state index contributed by atoms with van der Waals surface area (Å²) in [5.41, 5.74) is 0.360. The van der Waals surface area contributed by atoms with Gasteiger partial charge in [-0.1, -0.05) is 11.6 Å². The molecular weight excluding hydrogens is 272 g/mol. The molecule has 0 bridgehead atoms. The first-order valence-electron chi connectivity index (χ1n) is 3.72. The van der Waals surface area contributed by atoms with Crippen LogP contribution in [0.1, 0.15) is 0 Å². The van der Waals surface area contributed by atoms with Crippen LogP contribution < -0.4 is 0 Å². The second-order valence-electron chi connectivity index (χ2n) is 2.71. The summed E-state index contributed by atoms with van der Waals surface area (Å²) < 4.78 is 14.0. The zero-order valence-electron chi connectivity index (χ0n) is 6.76. The highest BCUT2D eigenvalue weighted by Crippen LogP contribution is 2.34. The van der Waals surface area contributed by atoms with Crippen LogP contribution in [0.2, 0.25) is 5.02 Å². The highest BCUT2D eigenvalue weighted by atomic mass is 79.9. The lowest BCUT2D eigenvalue weighted by atomic mass is 10.2. The third-order valence-corrected chi connectivity index (χ3v) is 3.07. The van der Waals surface area contributed by atoms with Gasteiger partial charge in [-0.25, -0.2) is 4.39 Å². The highest BCUT2D eigenvalue weighted by Gasteiger charge is 2.13. The SMILES string of the molecule is Oc1ccnc2cc(Br)c(Cl)c(F)c12. The molecule has 0 radical (unpaired) electrons. The largest absolute Gasteiger partial charge is 0.507 e. The summed E-state index contributed by atoms with van der Waals surface area (Å²) in [5, 5.41) is 9.40. The van der Waals surface area contributed by atoms with Crippen LogP contribution in [0.4, 0.5) is 4.39 Å². The van der Waals surface area contributed by atoms with Crippen LogP contribution in [0, 0.1) is 5.82 Å². The average Bonchev–Trinajstić information content (AvgIpc) is 2.14. The third-order valence-electron chi connectivity index (χ3n) is 1.84. The van der Waals surface area contributed by atoms with Gasteiger partial charge in [0, 0.05) is 10.7 Å². The van der Waals surface area contributed by atoms with Crippen LogP contribution in [-0.2, 0) is 0 Å². The second-order valence-corrected chi connectivity index (χ2v) is 3.94. The quantitative estimate of drug-likeness (QED) is 0.747. The molecular formula is C9H4BrClFNO. The van der Waals surface area contributed by atoms with Crippen molar-refractivity contribution in [3.63, 3.8) is 0 Å². The number of rotatable bonds is 0. The van der Waals surface area contributed by atoms with Gasteiger partial charge in [-0.2, -0.15) is 0 Å². The Morgan fingerprint density at radius 3 is 2.93 bits per heavy atom. The lowest BCUT2D eigenvalue weighted by Gasteiger charge is -2.04. The van der Waals surface area contributed by atoms with Gasteiger partial charge in [-0.15, -0.1) is 0 Å². The van der Waals surface area contributed by atoms with Crippen LogP contribution >= 0.6 is 27.5 Å². The van der Waals surface area contributed by atoms with E-state index in [1.54, 1.807) is 6.07 Å². The molecule has 0 saturated heterocycles. The van der Waals surface area contributed by atoms with E-state index in [2.05, 4.69) is 20.9 Å². The van der Waals surface area contributed by atoms with E-state index in [4.69, 9.17) is 11.6 Å². The Bertz CT molecular complexity index is 518. The van der Waals surface area contributed by atoms with Crippen LogP contribution in [-0.4, -0.2) is 10.1 Å². The van der Waals surface area contributed by atoms with E-state index in [1.165, 1.54) is 12.3 Å². The molecule has 14 heavy (non-hydrogen) atoms. The number of nitrogens with zero attached hydrogens (tertiary/aromatic N) is 1. The van der Waals surface area contributed by atoms with Gasteiger partial charge >= 0.3 is 0 Å². The fraction of sp³-hybridized carbons (Fsp3) is 0. The lowest BCUT2D eigenvalue weighted by molar-refractivity contribution is 0.478. The highest BCUT2D eigenvalue weighted by molar-refractivity contribution is 9.10. The minimum absolute atomic E-state index is 0.0423. The van der Waals surface area contributed by atoms with E-state index >= 15 is 0 Å². The molecule has 1 aromatic heterocycles. The van der Waals surface area contributed by atoms with Gasteiger partial charge in [0.15, 0.2) is 5.82 Å². The Morgan fingerprint density at radius 2 is 2.21 bits per heavy atom. The van der Waals surface area contributed by atoms with Crippen molar-refractivity contribution in [2.24, 2.45) is 0 Å². The summed E-state index contributed by atoms with van der Waals surface area (Å²) in [6, 6.07) is 2.87. The van der Waals surface area contributed by atoms with E-state index in [0.717, 1.165) is 0 Å². The molecule has 0 aliphatic heterocycles. The topological polar surface area (TPSA) is 33.1 Å². The maximum Gasteiger partial charge on any atom is 0.156 e. The van der Waals surface area contributed by atoms with Crippen molar-refractivity contribution in [1.29, 1.82) is 0 Å². The van der Waals surface area contributed by atoms with Crippen molar-refractivity contribution in [3.05, 3.63) is 33.6 Å². The molecule has 0 saturated carbocycles. The van der Waals surface area contributed by atoms with Gasteiger partial charge < -0.3 is 5.11 Å². The molecule has 1 N–H and O–H groups in total. The monoisotopic (exact) mass is 275 g/mol. The molecule has 2 rings (SSSR count). The summed E-state index contributed by atoms with van der Waals surface area (Å²) in [7, 11) is 0. The smallest absolute Gasteiger partial charge is 0.156 e. The average molecular weight is 276 g/mol. The minimum Gasteiger partial charge on any atom is -0.507 e. The Kier molecular flexibility index (Phi) is 2.33. The first-order valence-corrected chi connectivity index (χ1v) is 4.89. The normalized spacial score (nSPS) is 10.8. The van der Waals surface area contributed by atoms with Gasteiger partial charge in [0.2, 0.25) is 0 Å². The van der Waals surface area contributed by atoms with Gasteiger partial charge in [0.25, 0.3) is 0 Å². The number of aromatic hydroxyl groups is 1. The molecule has 0 fully saturated rings. The molecule has 0 atom stereocenters. The van der Waals surface area contributed by atoms with Gasteiger partial charge in [0.05, 0.1) is 15.9 Å². The van der Waals surface area contributed by atoms with Crippen molar-refractivity contribution in [1.82, 2.24) is 4.98 Å². The molecule has 1 heterocycles. The molecule has 1 aromatic carbocycles. The van der Waals surface area contributed by atoms with E-state index < -0.39 is 5.82 Å². The fourth-order valence-corrected chi connectivity index (χ4v) is 1.74. The van der Waals surface area contributed by atoms with Crippen molar-refractivity contribution in [3.8, 4) is 5.75 Å². The Balaban J connectivity index is 2.99. The summed E-state index contributed by atoms with van der Waals surface area (Å²) in [6.45, 7) is 0.